The van der Waals surface area contributed by atoms with Crippen LogP contribution >= 0.6 is 27.5 Å². The summed E-state index contributed by atoms with van der Waals surface area (Å²) in [6.45, 7) is 4.10. The van der Waals surface area contributed by atoms with Crippen molar-refractivity contribution < 1.29 is 0 Å². The Balaban J connectivity index is 2.26. The Hall–Kier alpha value is -0.870. The normalized spacial score (nSPS) is 12.4. The summed E-state index contributed by atoms with van der Waals surface area (Å²) in [6, 6.07) is 12.4. The van der Waals surface area contributed by atoms with Crippen molar-refractivity contribution in [2.24, 2.45) is 5.84 Å². The van der Waals surface area contributed by atoms with Gasteiger partial charge in [-0.1, -0.05) is 51.8 Å². The van der Waals surface area contributed by atoms with Crippen molar-refractivity contribution in [3.8, 4) is 0 Å². The predicted molar refractivity (Wildman–Crippen MR) is 88.8 cm³/mol. The van der Waals surface area contributed by atoms with Crippen molar-refractivity contribution in [3.63, 3.8) is 0 Å². The summed E-state index contributed by atoms with van der Waals surface area (Å²) in [6.07, 6.45) is 0.755. The van der Waals surface area contributed by atoms with Crippen LogP contribution < -0.4 is 11.3 Å². The summed E-state index contributed by atoms with van der Waals surface area (Å²) in [5, 5.41) is 0.788. The van der Waals surface area contributed by atoms with Crippen molar-refractivity contribution in [1.82, 2.24) is 5.43 Å². The molecule has 2 rings (SSSR count). The first-order valence-electron chi connectivity index (χ1n) is 6.48. The molecule has 0 bridgehead atoms. The molecule has 2 nitrogen and oxygen atoms in total. The van der Waals surface area contributed by atoms with Gasteiger partial charge < -0.3 is 0 Å². The van der Waals surface area contributed by atoms with E-state index >= 15 is 0 Å². The van der Waals surface area contributed by atoms with Crippen LogP contribution in [0.25, 0.3) is 0 Å². The molecule has 1 unspecified atom stereocenters. The Bertz CT molecular complexity index is 613. The molecule has 0 amide bonds. The highest BCUT2D eigenvalue weighted by molar-refractivity contribution is 9.10. The van der Waals surface area contributed by atoms with Crippen LogP contribution in [-0.2, 0) is 6.42 Å². The number of hydrogen-bond donors (Lipinski definition) is 2. The molecular weight excluding hydrogens is 336 g/mol. The number of halogens is 2. The van der Waals surface area contributed by atoms with E-state index in [9.17, 15) is 0 Å². The molecule has 4 heteroatoms. The van der Waals surface area contributed by atoms with Crippen LogP contribution in [0.15, 0.2) is 40.9 Å². The number of aryl methyl sites for hydroxylation is 2. The first-order chi connectivity index (χ1) is 9.51. The summed E-state index contributed by atoms with van der Waals surface area (Å²) in [7, 11) is 0. The third-order valence-corrected chi connectivity index (χ3v) is 4.64. The second-order valence-electron chi connectivity index (χ2n) is 5.03. The van der Waals surface area contributed by atoms with Crippen LogP contribution in [0.4, 0.5) is 0 Å². The molecule has 0 saturated heterocycles. The molecule has 0 aliphatic carbocycles. The van der Waals surface area contributed by atoms with E-state index in [0.717, 1.165) is 32.6 Å². The zero-order chi connectivity index (χ0) is 14.7. The lowest BCUT2D eigenvalue weighted by molar-refractivity contribution is 0.551. The minimum atomic E-state index is 0.0344. The topological polar surface area (TPSA) is 38.0 Å². The van der Waals surface area contributed by atoms with Crippen molar-refractivity contribution in [2.75, 3.05) is 0 Å². The molecule has 0 radical (unpaired) electrons. The average molecular weight is 354 g/mol. The van der Waals surface area contributed by atoms with Gasteiger partial charge in [0, 0.05) is 9.50 Å². The summed E-state index contributed by atoms with van der Waals surface area (Å²) in [4.78, 5) is 0. The number of nitrogens with one attached hydrogen (secondary N) is 1. The molecule has 0 aliphatic heterocycles. The largest absolute Gasteiger partial charge is 0.271 e. The molecule has 0 aliphatic rings. The van der Waals surface area contributed by atoms with Gasteiger partial charge in [0.25, 0.3) is 0 Å². The summed E-state index contributed by atoms with van der Waals surface area (Å²) in [5.41, 5.74) is 7.48. The van der Waals surface area contributed by atoms with Crippen molar-refractivity contribution in [2.45, 2.75) is 26.3 Å². The molecule has 1 atom stereocenters. The van der Waals surface area contributed by atoms with Gasteiger partial charge >= 0.3 is 0 Å². The summed E-state index contributed by atoms with van der Waals surface area (Å²) in [5.74, 6) is 5.71. The Labute approximate surface area is 133 Å². The standard InChI is InChI=1S/C16H18BrClN2/c1-10-3-5-12(15(18)7-10)9-16(20-19)13-6-4-11(2)14(17)8-13/h3-8,16,20H,9,19H2,1-2H3. The molecule has 0 fully saturated rings. The average Bonchev–Trinajstić information content (AvgIpc) is 2.41. The fourth-order valence-corrected chi connectivity index (χ4v) is 2.85. The fraction of sp³-hybridized carbons (Fsp3) is 0.250. The first kappa shape index (κ1) is 15.5. The third-order valence-electron chi connectivity index (χ3n) is 3.43. The summed E-state index contributed by atoms with van der Waals surface area (Å²) < 4.78 is 1.09. The Kier molecular flexibility index (Phi) is 5.22. The zero-order valence-corrected chi connectivity index (χ0v) is 13.9. The lowest BCUT2D eigenvalue weighted by atomic mass is 9.98. The van der Waals surface area contributed by atoms with E-state index in [1.165, 1.54) is 5.56 Å². The van der Waals surface area contributed by atoms with Gasteiger partial charge in [-0.25, -0.2) is 0 Å². The van der Waals surface area contributed by atoms with Gasteiger partial charge in [0.1, 0.15) is 0 Å². The highest BCUT2D eigenvalue weighted by Gasteiger charge is 2.13. The monoisotopic (exact) mass is 352 g/mol. The van der Waals surface area contributed by atoms with Gasteiger partial charge in [-0.05, 0) is 54.7 Å². The van der Waals surface area contributed by atoms with Crippen molar-refractivity contribution >= 4 is 27.5 Å². The lowest BCUT2D eigenvalue weighted by Gasteiger charge is -2.18. The Morgan fingerprint density at radius 1 is 1.20 bits per heavy atom. The van der Waals surface area contributed by atoms with Gasteiger partial charge in [0.15, 0.2) is 0 Å². The van der Waals surface area contributed by atoms with Crippen LogP contribution in [0.2, 0.25) is 5.02 Å². The smallest absolute Gasteiger partial charge is 0.0501 e. The number of hydrogen-bond acceptors (Lipinski definition) is 2. The number of hydrazine groups is 1. The van der Waals surface area contributed by atoms with E-state index in [1.54, 1.807) is 0 Å². The highest BCUT2D eigenvalue weighted by Crippen LogP contribution is 2.27. The maximum atomic E-state index is 6.30. The SMILES string of the molecule is Cc1ccc(CC(NN)c2ccc(C)c(Br)c2)c(Cl)c1. The summed E-state index contributed by atoms with van der Waals surface area (Å²) >= 11 is 9.85. The fourth-order valence-electron chi connectivity index (χ4n) is 2.14. The van der Waals surface area contributed by atoms with Gasteiger partial charge in [-0.3, -0.25) is 11.3 Å². The van der Waals surface area contributed by atoms with Crippen molar-refractivity contribution in [3.05, 3.63) is 68.1 Å². The Morgan fingerprint density at radius 2 is 1.95 bits per heavy atom. The maximum Gasteiger partial charge on any atom is 0.0501 e. The molecule has 0 aromatic heterocycles. The molecule has 20 heavy (non-hydrogen) atoms. The Morgan fingerprint density at radius 3 is 2.55 bits per heavy atom. The number of nitrogens with two attached hydrogens (primary N) is 1. The minimum Gasteiger partial charge on any atom is -0.271 e. The molecule has 2 aromatic rings. The highest BCUT2D eigenvalue weighted by atomic mass is 79.9. The lowest BCUT2D eigenvalue weighted by Crippen LogP contribution is -2.29. The number of benzene rings is 2. The van der Waals surface area contributed by atoms with Crippen LogP contribution in [0.3, 0.4) is 0 Å². The maximum absolute atomic E-state index is 6.30. The van der Waals surface area contributed by atoms with Crippen LogP contribution in [-0.4, -0.2) is 0 Å². The van der Waals surface area contributed by atoms with Crippen LogP contribution in [0, 0.1) is 13.8 Å². The second kappa shape index (κ2) is 6.72. The van der Waals surface area contributed by atoms with Crippen molar-refractivity contribution in [1.29, 1.82) is 0 Å². The van der Waals surface area contributed by atoms with E-state index < -0.39 is 0 Å². The number of rotatable bonds is 4. The molecule has 0 heterocycles. The molecular formula is C16H18BrClN2. The van der Waals surface area contributed by atoms with Gasteiger partial charge in [0.05, 0.1) is 6.04 Å². The van der Waals surface area contributed by atoms with E-state index in [2.05, 4.69) is 58.6 Å². The van der Waals surface area contributed by atoms with Crippen LogP contribution in [0.1, 0.15) is 28.3 Å². The minimum absolute atomic E-state index is 0.0344. The molecule has 0 saturated carbocycles. The van der Waals surface area contributed by atoms with Gasteiger partial charge in [0.2, 0.25) is 0 Å². The zero-order valence-electron chi connectivity index (χ0n) is 11.6. The van der Waals surface area contributed by atoms with E-state index in [1.807, 2.05) is 13.0 Å². The molecule has 2 aromatic carbocycles. The molecule has 3 N–H and O–H groups in total. The predicted octanol–water partition coefficient (Wildman–Crippen LogP) is 4.47. The quantitative estimate of drug-likeness (QED) is 0.629. The van der Waals surface area contributed by atoms with E-state index in [0.29, 0.717) is 0 Å². The van der Waals surface area contributed by atoms with Gasteiger partial charge in [-0.15, -0.1) is 0 Å². The van der Waals surface area contributed by atoms with Gasteiger partial charge in [-0.2, -0.15) is 0 Å². The molecule has 106 valence electrons. The first-order valence-corrected chi connectivity index (χ1v) is 7.65. The van der Waals surface area contributed by atoms with E-state index in [4.69, 9.17) is 17.4 Å². The second-order valence-corrected chi connectivity index (χ2v) is 6.29. The van der Waals surface area contributed by atoms with Crippen LogP contribution in [0.5, 0.6) is 0 Å². The third kappa shape index (κ3) is 3.61. The molecule has 0 spiro atoms. The van der Waals surface area contributed by atoms with E-state index in [-0.39, 0.29) is 6.04 Å².